The SMILES string of the molecule is Brc1cccc(CC(CNC2CC2)CC2CCOCC2)c1. The Morgan fingerprint density at radius 2 is 2.00 bits per heavy atom. The fourth-order valence-corrected chi connectivity index (χ4v) is 3.76. The first-order valence-electron chi connectivity index (χ1n) is 8.35. The van der Waals surface area contributed by atoms with Crippen molar-refractivity contribution in [3.63, 3.8) is 0 Å². The lowest BCUT2D eigenvalue weighted by Crippen LogP contribution is -2.29. The maximum Gasteiger partial charge on any atom is 0.0468 e. The van der Waals surface area contributed by atoms with Crippen molar-refractivity contribution in [2.45, 2.75) is 44.6 Å². The van der Waals surface area contributed by atoms with Gasteiger partial charge in [-0.3, -0.25) is 0 Å². The molecule has 1 saturated carbocycles. The summed E-state index contributed by atoms with van der Waals surface area (Å²) in [5.41, 5.74) is 1.46. The van der Waals surface area contributed by atoms with E-state index in [1.807, 2.05) is 0 Å². The molecule has 2 fully saturated rings. The van der Waals surface area contributed by atoms with Gasteiger partial charge in [-0.05, 0) is 74.6 Å². The van der Waals surface area contributed by atoms with E-state index >= 15 is 0 Å². The molecule has 0 bridgehead atoms. The number of nitrogens with one attached hydrogen (secondary N) is 1. The first-order valence-corrected chi connectivity index (χ1v) is 9.14. The zero-order chi connectivity index (χ0) is 14.5. The standard InChI is InChI=1S/C18H26BrNO/c19-17-3-1-2-15(12-17)11-16(13-20-18-4-5-18)10-14-6-8-21-9-7-14/h1-3,12,14,16,18,20H,4-11,13H2. The van der Waals surface area contributed by atoms with Gasteiger partial charge in [-0.25, -0.2) is 0 Å². The van der Waals surface area contributed by atoms with Crippen LogP contribution >= 0.6 is 15.9 Å². The van der Waals surface area contributed by atoms with Gasteiger partial charge in [0.1, 0.15) is 0 Å². The van der Waals surface area contributed by atoms with Gasteiger partial charge in [-0.2, -0.15) is 0 Å². The molecular weight excluding hydrogens is 326 g/mol. The molecule has 3 rings (SSSR count). The molecular formula is C18H26BrNO. The third-order valence-corrected chi connectivity index (χ3v) is 5.19. The molecule has 0 radical (unpaired) electrons. The Labute approximate surface area is 136 Å². The highest BCUT2D eigenvalue weighted by atomic mass is 79.9. The number of benzene rings is 1. The number of hydrogen-bond acceptors (Lipinski definition) is 2. The van der Waals surface area contributed by atoms with Gasteiger partial charge < -0.3 is 10.1 Å². The van der Waals surface area contributed by atoms with E-state index in [1.54, 1.807) is 0 Å². The highest BCUT2D eigenvalue weighted by Gasteiger charge is 2.24. The summed E-state index contributed by atoms with van der Waals surface area (Å²) in [4.78, 5) is 0. The van der Waals surface area contributed by atoms with E-state index in [0.29, 0.717) is 0 Å². The van der Waals surface area contributed by atoms with Crippen LogP contribution in [0.4, 0.5) is 0 Å². The molecule has 0 amide bonds. The highest BCUT2D eigenvalue weighted by Crippen LogP contribution is 2.27. The van der Waals surface area contributed by atoms with Crippen molar-refractivity contribution in [3.05, 3.63) is 34.3 Å². The maximum atomic E-state index is 5.50. The quantitative estimate of drug-likeness (QED) is 0.795. The Hall–Kier alpha value is -0.380. The Morgan fingerprint density at radius 1 is 1.19 bits per heavy atom. The molecule has 0 spiro atoms. The number of rotatable bonds is 7. The average Bonchev–Trinajstić information content (AvgIpc) is 3.30. The van der Waals surface area contributed by atoms with Crippen LogP contribution in [0.3, 0.4) is 0 Å². The van der Waals surface area contributed by atoms with Gasteiger partial charge in [0.2, 0.25) is 0 Å². The van der Waals surface area contributed by atoms with E-state index in [0.717, 1.165) is 31.1 Å². The molecule has 1 aromatic carbocycles. The van der Waals surface area contributed by atoms with Crippen LogP contribution in [0, 0.1) is 11.8 Å². The van der Waals surface area contributed by atoms with Crippen LogP contribution in [-0.4, -0.2) is 25.8 Å². The smallest absolute Gasteiger partial charge is 0.0468 e. The molecule has 1 N–H and O–H groups in total. The predicted octanol–water partition coefficient (Wildman–Crippen LogP) is 4.18. The predicted molar refractivity (Wildman–Crippen MR) is 90.5 cm³/mol. The van der Waals surface area contributed by atoms with Crippen molar-refractivity contribution in [3.8, 4) is 0 Å². The summed E-state index contributed by atoms with van der Waals surface area (Å²) in [6.07, 6.45) is 7.78. The topological polar surface area (TPSA) is 21.3 Å². The van der Waals surface area contributed by atoms with E-state index < -0.39 is 0 Å². The molecule has 1 unspecified atom stereocenters. The molecule has 1 saturated heterocycles. The Morgan fingerprint density at radius 3 is 2.71 bits per heavy atom. The Kier molecular flexibility index (Phi) is 5.73. The van der Waals surface area contributed by atoms with Gasteiger partial charge in [0.05, 0.1) is 0 Å². The molecule has 1 heterocycles. The summed E-state index contributed by atoms with van der Waals surface area (Å²) in [6, 6.07) is 9.61. The lowest BCUT2D eigenvalue weighted by Gasteiger charge is -2.27. The van der Waals surface area contributed by atoms with Gasteiger partial charge >= 0.3 is 0 Å². The van der Waals surface area contributed by atoms with Crippen molar-refractivity contribution in [1.82, 2.24) is 5.32 Å². The molecule has 2 aliphatic rings. The number of halogens is 1. The molecule has 0 aromatic heterocycles. The Balaban J connectivity index is 1.56. The molecule has 21 heavy (non-hydrogen) atoms. The molecule has 2 nitrogen and oxygen atoms in total. The van der Waals surface area contributed by atoms with Crippen LogP contribution in [0.25, 0.3) is 0 Å². The minimum absolute atomic E-state index is 0.753. The van der Waals surface area contributed by atoms with Gasteiger partial charge in [0.25, 0.3) is 0 Å². The monoisotopic (exact) mass is 351 g/mol. The second-order valence-corrected chi connectivity index (χ2v) is 7.59. The highest BCUT2D eigenvalue weighted by molar-refractivity contribution is 9.10. The van der Waals surface area contributed by atoms with E-state index in [2.05, 4.69) is 45.5 Å². The minimum atomic E-state index is 0.753. The van der Waals surface area contributed by atoms with Crippen LogP contribution in [0.1, 0.15) is 37.7 Å². The summed E-state index contributed by atoms with van der Waals surface area (Å²) >= 11 is 3.59. The first kappa shape index (κ1) is 15.5. The van der Waals surface area contributed by atoms with Gasteiger partial charge in [0.15, 0.2) is 0 Å². The lowest BCUT2D eigenvalue weighted by molar-refractivity contribution is 0.0584. The number of ether oxygens (including phenoxy) is 1. The molecule has 1 aromatic rings. The van der Waals surface area contributed by atoms with Crippen molar-refractivity contribution in [1.29, 1.82) is 0 Å². The maximum absolute atomic E-state index is 5.50. The summed E-state index contributed by atoms with van der Waals surface area (Å²) < 4.78 is 6.70. The largest absolute Gasteiger partial charge is 0.381 e. The zero-order valence-corrected chi connectivity index (χ0v) is 14.3. The second-order valence-electron chi connectivity index (χ2n) is 6.67. The molecule has 116 valence electrons. The number of hydrogen-bond donors (Lipinski definition) is 1. The lowest BCUT2D eigenvalue weighted by atomic mass is 9.85. The minimum Gasteiger partial charge on any atom is -0.381 e. The van der Waals surface area contributed by atoms with Crippen LogP contribution in [0.15, 0.2) is 28.7 Å². The van der Waals surface area contributed by atoms with E-state index in [-0.39, 0.29) is 0 Å². The van der Waals surface area contributed by atoms with E-state index in [1.165, 1.54) is 55.1 Å². The van der Waals surface area contributed by atoms with Gasteiger partial charge in [-0.15, -0.1) is 0 Å². The Bertz CT molecular complexity index is 441. The summed E-state index contributed by atoms with van der Waals surface area (Å²) in [6.45, 7) is 3.10. The fraction of sp³-hybridized carbons (Fsp3) is 0.667. The van der Waals surface area contributed by atoms with Crippen LogP contribution in [0.2, 0.25) is 0 Å². The molecule has 1 aliphatic carbocycles. The van der Waals surface area contributed by atoms with Crippen LogP contribution < -0.4 is 5.32 Å². The third kappa shape index (κ3) is 5.39. The van der Waals surface area contributed by atoms with Crippen molar-refractivity contribution in [2.75, 3.05) is 19.8 Å². The van der Waals surface area contributed by atoms with Gasteiger partial charge in [-0.1, -0.05) is 28.1 Å². The van der Waals surface area contributed by atoms with Crippen molar-refractivity contribution in [2.24, 2.45) is 11.8 Å². The van der Waals surface area contributed by atoms with Gasteiger partial charge in [0, 0.05) is 23.7 Å². The summed E-state index contributed by atoms with van der Waals surface area (Å²) in [5.74, 6) is 1.61. The average molecular weight is 352 g/mol. The van der Waals surface area contributed by atoms with Crippen molar-refractivity contribution < 1.29 is 4.74 Å². The van der Waals surface area contributed by atoms with Crippen LogP contribution in [0.5, 0.6) is 0 Å². The normalized spacial score (nSPS) is 21.4. The second kappa shape index (κ2) is 7.75. The van der Waals surface area contributed by atoms with Crippen LogP contribution in [-0.2, 0) is 11.2 Å². The molecule has 1 atom stereocenters. The summed E-state index contributed by atoms with van der Waals surface area (Å²) in [7, 11) is 0. The third-order valence-electron chi connectivity index (χ3n) is 4.69. The van der Waals surface area contributed by atoms with E-state index in [9.17, 15) is 0 Å². The molecule has 1 aliphatic heterocycles. The zero-order valence-electron chi connectivity index (χ0n) is 12.7. The summed E-state index contributed by atoms with van der Waals surface area (Å²) in [5, 5.41) is 3.74. The van der Waals surface area contributed by atoms with Crippen molar-refractivity contribution >= 4 is 15.9 Å². The molecule has 3 heteroatoms. The fourth-order valence-electron chi connectivity index (χ4n) is 3.31. The first-order chi connectivity index (χ1) is 10.3. The van der Waals surface area contributed by atoms with E-state index in [4.69, 9.17) is 4.74 Å².